The molecule has 1 fully saturated rings. The Hall–Kier alpha value is -0.780. The van der Waals surface area contributed by atoms with Crippen molar-refractivity contribution in [2.24, 2.45) is 16.7 Å². The van der Waals surface area contributed by atoms with Crippen LogP contribution in [0.15, 0.2) is 37.0 Å². The van der Waals surface area contributed by atoms with E-state index in [1.807, 2.05) is 0 Å². The van der Waals surface area contributed by atoms with Crippen molar-refractivity contribution in [2.45, 2.75) is 71.6 Å². The molecule has 0 aromatic heterocycles. The van der Waals surface area contributed by atoms with Crippen LogP contribution in [0.2, 0.25) is 0 Å². The number of hydrogen-bond donors (Lipinski definition) is 0. The summed E-state index contributed by atoms with van der Waals surface area (Å²) in [5, 5.41) is 0. The number of hydrogen-bond acceptors (Lipinski definition) is 0. The normalized spacial score (nSPS) is 30.3. The first-order valence-electron chi connectivity index (χ1n) is 8.50. The van der Waals surface area contributed by atoms with Crippen LogP contribution in [0.5, 0.6) is 0 Å². The van der Waals surface area contributed by atoms with Crippen molar-refractivity contribution in [3.63, 3.8) is 0 Å². The van der Waals surface area contributed by atoms with Gasteiger partial charge in [-0.05, 0) is 74.5 Å². The van der Waals surface area contributed by atoms with Gasteiger partial charge in [-0.1, -0.05) is 37.6 Å². The molecule has 0 nitrogen and oxygen atoms in total. The van der Waals surface area contributed by atoms with Gasteiger partial charge in [-0.2, -0.15) is 0 Å². The average Bonchev–Trinajstić information content (AvgIpc) is 2.44. The summed E-state index contributed by atoms with van der Waals surface area (Å²) in [4.78, 5) is 0. The average molecular weight is 272 g/mol. The molecule has 0 spiro atoms. The molecule has 0 N–H and O–H groups in total. The lowest BCUT2D eigenvalue weighted by Crippen LogP contribution is -2.58. The fraction of sp³-hybridized carbons (Fsp3) is 0.700. The fourth-order valence-corrected chi connectivity index (χ4v) is 4.68. The highest BCUT2D eigenvalue weighted by Gasteiger charge is 2.61. The third kappa shape index (κ3) is 2.54. The predicted octanol–water partition coefficient (Wildman–Crippen LogP) is 6.45. The van der Waals surface area contributed by atoms with E-state index in [1.54, 1.807) is 5.57 Å². The van der Waals surface area contributed by atoms with Crippen LogP contribution in [0.25, 0.3) is 0 Å². The fourth-order valence-electron chi connectivity index (χ4n) is 4.68. The van der Waals surface area contributed by atoms with Crippen molar-refractivity contribution >= 4 is 0 Å². The van der Waals surface area contributed by atoms with E-state index < -0.39 is 0 Å². The van der Waals surface area contributed by atoms with Gasteiger partial charge in [0.2, 0.25) is 0 Å². The molecule has 1 saturated carbocycles. The standard InChI is InChI=1S/C20H32/c1-5-7-9-10-12-17-13-14-18-16-20(17,19(18,3)4)15-11-8-6-2/h5-6,13,18H,1-2,7-12,14-16H2,3-4H3. The van der Waals surface area contributed by atoms with Crippen molar-refractivity contribution in [3.05, 3.63) is 37.0 Å². The minimum Gasteiger partial charge on any atom is -0.103 e. The van der Waals surface area contributed by atoms with E-state index in [0.29, 0.717) is 10.8 Å². The second-order valence-corrected chi connectivity index (χ2v) is 7.39. The molecule has 0 radical (unpaired) electrons. The molecule has 2 bridgehead atoms. The Morgan fingerprint density at radius 2 is 1.85 bits per heavy atom. The highest BCUT2D eigenvalue weighted by atomic mass is 14.7. The molecule has 0 aromatic carbocycles. The molecule has 0 heterocycles. The van der Waals surface area contributed by atoms with Crippen LogP contribution in [-0.2, 0) is 0 Å². The molecule has 3 rings (SSSR count). The van der Waals surface area contributed by atoms with Gasteiger partial charge >= 0.3 is 0 Å². The molecule has 112 valence electrons. The van der Waals surface area contributed by atoms with Crippen molar-refractivity contribution in [2.75, 3.05) is 0 Å². The summed E-state index contributed by atoms with van der Waals surface area (Å²) in [6.45, 7) is 12.8. The van der Waals surface area contributed by atoms with Gasteiger partial charge in [-0.3, -0.25) is 0 Å². The summed E-state index contributed by atoms with van der Waals surface area (Å²) in [7, 11) is 0. The van der Waals surface area contributed by atoms with Crippen LogP contribution >= 0.6 is 0 Å². The summed E-state index contributed by atoms with van der Waals surface area (Å²) in [6, 6.07) is 0. The van der Waals surface area contributed by atoms with E-state index in [0.717, 1.165) is 5.92 Å². The molecule has 2 atom stereocenters. The van der Waals surface area contributed by atoms with E-state index in [-0.39, 0.29) is 0 Å². The van der Waals surface area contributed by atoms with E-state index in [2.05, 4.69) is 45.2 Å². The third-order valence-electron chi connectivity index (χ3n) is 6.23. The summed E-state index contributed by atoms with van der Waals surface area (Å²) < 4.78 is 0. The number of allylic oxidation sites excluding steroid dienone is 4. The summed E-state index contributed by atoms with van der Waals surface area (Å²) in [5.74, 6) is 0.933. The van der Waals surface area contributed by atoms with Crippen molar-refractivity contribution < 1.29 is 0 Å². The Bertz CT molecular complexity index is 385. The lowest BCUT2D eigenvalue weighted by molar-refractivity contribution is -0.111. The van der Waals surface area contributed by atoms with Crippen LogP contribution in [-0.4, -0.2) is 0 Å². The smallest absolute Gasteiger partial charge is 0.00312 e. The van der Waals surface area contributed by atoms with E-state index in [9.17, 15) is 0 Å². The highest BCUT2D eigenvalue weighted by molar-refractivity contribution is 5.31. The van der Waals surface area contributed by atoms with E-state index in [4.69, 9.17) is 0 Å². The lowest BCUT2D eigenvalue weighted by atomic mass is 9.38. The zero-order valence-electron chi connectivity index (χ0n) is 13.6. The van der Waals surface area contributed by atoms with Gasteiger partial charge in [0.1, 0.15) is 0 Å². The molecule has 0 aliphatic heterocycles. The van der Waals surface area contributed by atoms with Crippen LogP contribution in [0, 0.1) is 16.7 Å². The number of unbranched alkanes of at least 4 members (excludes halogenated alkanes) is 3. The molecular formula is C20H32. The first-order valence-corrected chi connectivity index (χ1v) is 8.50. The predicted molar refractivity (Wildman–Crippen MR) is 89.7 cm³/mol. The minimum absolute atomic E-state index is 0.521. The highest BCUT2D eigenvalue weighted by Crippen LogP contribution is 2.70. The molecule has 3 aliphatic carbocycles. The van der Waals surface area contributed by atoms with Crippen molar-refractivity contribution in [1.82, 2.24) is 0 Å². The molecule has 20 heavy (non-hydrogen) atoms. The first kappa shape index (κ1) is 15.6. The second kappa shape index (κ2) is 6.33. The molecule has 3 aliphatic rings. The summed E-state index contributed by atoms with van der Waals surface area (Å²) in [5.41, 5.74) is 2.84. The molecule has 0 heteroatoms. The van der Waals surface area contributed by atoms with Gasteiger partial charge in [0, 0.05) is 0 Å². The van der Waals surface area contributed by atoms with Crippen LogP contribution < -0.4 is 0 Å². The minimum atomic E-state index is 0.521. The maximum atomic E-state index is 3.88. The van der Waals surface area contributed by atoms with Crippen LogP contribution in [0.3, 0.4) is 0 Å². The Labute approximate surface area is 126 Å². The molecule has 0 saturated heterocycles. The Morgan fingerprint density at radius 3 is 2.50 bits per heavy atom. The summed E-state index contributed by atoms with van der Waals surface area (Å²) in [6.07, 6.45) is 18.5. The van der Waals surface area contributed by atoms with Crippen molar-refractivity contribution in [1.29, 1.82) is 0 Å². The van der Waals surface area contributed by atoms with Crippen LogP contribution in [0.4, 0.5) is 0 Å². The topological polar surface area (TPSA) is 0 Å². The van der Waals surface area contributed by atoms with E-state index in [1.165, 1.54) is 57.8 Å². The maximum Gasteiger partial charge on any atom is -0.00312 e. The first-order chi connectivity index (χ1) is 9.58. The number of fused-ring (bicyclic) bond motifs is 1. The Balaban J connectivity index is 2.02. The van der Waals surface area contributed by atoms with Gasteiger partial charge in [-0.25, -0.2) is 0 Å². The maximum absolute atomic E-state index is 3.88. The second-order valence-electron chi connectivity index (χ2n) is 7.39. The molecule has 2 unspecified atom stereocenters. The monoisotopic (exact) mass is 272 g/mol. The van der Waals surface area contributed by atoms with Crippen molar-refractivity contribution in [3.8, 4) is 0 Å². The van der Waals surface area contributed by atoms with Gasteiger partial charge in [-0.15, -0.1) is 13.2 Å². The largest absolute Gasteiger partial charge is 0.103 e. The number of rotatable bonds is 9. The van der Waals surface area contributed by atoms with Gasteiger partial charge < -0.3 is 0 Å². The molecular weight excluding hydrogens is 240 g/mol. The van der Waals surface area contributed by atoms with Gasteiger partial charge in [0.05, 0.1) is 0 Å². The zero-order chi connectivity index (χ0) is 14.6. The third-order valence-corrected chi connectivity index (χ3v) is 6.23. The lowest BCUT2D eigenvalue weighted by Gasteiger charge is -2.66. The molecule has 0 amide bonds. The van der Waals surface area contributed by atoms with Gasteiger partial charge in [0.25, 0.3) is 0 Å². The quantitative estimate of drug-likeness (QED) is 0.334. The zero-order valence-corrected chi connectivity index (χ0v) is 13.6. The summed E-state index contributed by atoms with van der Waals surface area (Å²) >= 11 is 0. The van der Waals surface area contributed by atoms with E-state index >= 15 is 0 Å². The Kier molecular flexibility index (Phi) is 4.94. The SMILES string of the molecule is C=CCCCCC1=CCC2CC1(CCCC=C)C2(C)C. The Morgan fingerprint density at radius 1 is 1.15 bits per heavy atom. The van der Waals surface area contributed by atoms with Crippen LogP contribution in [0.1, 0.15) is 71.6 Å². The van der Waals surface area contributed by atoms with Gasteiger partial charge in [0.15, 0.2) is 0 Å². The molecule has 0 aromatic rings.